The fraction of sp³-hybridized carbons (Fsp3) is 0.556. The van der Waals surface area contributed by atoms with Gasteiger partial charge in [0.15, 0.2) is 0 Å². The van der Waals surface area contributed by atoms with Crippen LogP contribution in [0.2, 0.25) is 0 Å². The van der Waals surface area contributed by atoms with Crippen LogP contribution in [0.3, 0.4) is 0 Å². The van der Waals surface area contributed by atoms with E-state index in [4.69, 9.17) is 4.74 Å². The number of hydrogen-bond acceptors (Lipinski definition) is 3. The Morgan fingerprint density at radius 3 is 3.21 bits per heavy atom. The van der Waals surface area contributed by atoms with E-state index in [1.165, 1.54) is 5.56 Å². The molecule has 1 aliphatic rings. The molecule has 2 N–H and O–H groups in total. The topological polar surface area (TPSA) is 70.2 Å². The number of piperidine rings is 1. The lowest BCUT2D eigenvalue weighted by molar-refractivity contribution is 0.00999. The first-order valence-corrected chi connectivity index (χ1v) is 8.75. The molecule has 24 heavy (non-hydrogen) atoms. The van der Waals surface area contributed by atoms with Crippen molar-refractivity contribution in [1.82, 2.24) is 20.2 Å². The van der Waals surface area contributed by atoms with Crippen molar-refractivity contribution in [3.63, 3.8) is 0 Å². The van der Waals surface area contributed by atoms with Crippen molar-refractivity contribution in [2.75, 3.05) is 19.7 Å². The molecule has 0 bridgehead atoms. The number of aromatic nitrogens is 2. The number of hydrogen-bond donors (Lipinski definition) is 2. The molecule has 1 aromatic heterocycles. The molecule has 1 atom stereocenters. The summed E-state index contributed by atoms with van der Waals surface area (Å²) in [7, 11) is 0. The Bertz CT molecular complexity index is 697. The lowest BCUT2D eigenvalue weighted by Gasteiger charge is -2.32. The smallest absolute Gasteiger partial charge is 0.317 e. The molecule has 1 saturated heterocycles. The number of nitrogens with one attached hydrogen (secondary N) is 2. The van der Waals surface area contributed by atoms with E-state index in [9.17, 15) is 4.79 Å². The fourth-order valence-electron chi connectivity index (χ4n) is 3.07. The largest absolute Gasteiger partial charge is 0.376 e. The highest BCUT2D eigenvalue weighted by atomic mass is 16.5. The minimum absolute atomic E-state index is 0.0450. The third-order valence-corrected chi connectivity index (χ3v) is 4.32. The molecule has 1 aromatic carbocycles. The van der Waals surface area contributed by atoms with Crippen LogP contribution in [-0.4, -0.2) is 46.7 Å². The monoisotopic (exact) mass is 330 g/mol. The molecule has 3 rings (SSSR count). The van der Waals surface area contributed by atoms with E-state index < -0.39 is 0 Å². The number of aromatic amines is 1. The van der Waals surface area contributed by atoms with Gasteiger partial charge in [-0.1, -0.05) is 13.0 Å². The van der Waals surface area contributed by atoms with E-state index in [1.807, 2.05) is 17.0 Å². The van der Waals surface area contributed by atoms with Gasteiger partial charge in [0.25, 0.3) is 0 Å². The van der Waals surface area contributed by atoms with Gasteiger partial charge >= 0.3 is 6.03 Å². The predicted octanol–water partition coefficient (Wildman–Crippen LogP) is 2.97. The lowest BCUT2D eigenvalue weighted by atomic mass is 10.1. The Morgan fingerprint density at radius 1 is 1.50 bits per heavy atom. The average Bonchev–Trinajstić information content (AvgIpc) is 3.00. The highest BCUT2D eigenvalue weighted by Crippen LogP contribution is 2.15. The Hall–Kier alpha value is -2.08. The Kier molecular flexibility index (Phi) is 5.35. The number of fused-ring (bicyclic) bond motifs is 1. The van der Waals surface area contributed by atoms with Crippen LogP contribution in [0, 0.1) is 6.92 Å². The van der Waals surface area contributed by atoms with Gasteiger partial charge in [-0.3, -0.25) is 0 Å². The van der Waals surface area contributed by atoms with Crippen LogP contribution < -0.4 is 5.32 Å². The van der Waals surface area contributed by atoms with Gasteiger partial charge in [-0.25, -0.2) is 9.78 Å². The first-order valence-electron chi connectivity index (χ1n) is 8.75. The molecule has 130 valence electrons. The van der Waals surface area contributed by atoms with Crippen molar-refractivity contribution in [3.8, 4) is 0 Å². The maximum Gasteiger partial charge on any atom is 0.317 e. The third kappa shape index (κ3) is 4.06. The summed E-state index contributed by atoms with van der Waals surface area (Å²) in [5.74, 6) is 0.778. The maximum absolute atomic E-state index is 12.4. The molecule has 0 spiro atoms. The molecule has 2 aromatic rings. The normalized spacial score (nSPS) is 18.1. The second-order valence-electron chi connectivity index (χ2n) is 6.44. The number of nitrogens with zero attached hydrogens (tertiary/aromatic N) is 2. The minimum atomic E-state index is -0.0450. The third-order valence-electron chi connectivity index (χ3n) is 4.32. The molecule has 6 heteroatoms. The highest BCUT2D eigenvalue weighted by Gasteiger charge is 2.23. The van der Waals surface area contributed by atoms with Crippen molar-refractivity contribution in [2.45, 2.75) is 45.8 Å². The molecule has 1 fully saturated rings. The van der Waals surface area contributed by atoms with Gasteiger partial charge in [0.2, 0.25) is 0 Å². The van der Waals surface area contributed by atoms with E-state index in [0.717, 1.165) is 49.3 Å². The number of urea groups is 1. The molecule has 0 radical (unpaired) electrons. The van der Waals surface area contributed by atoms with Crippen LogP contribution in [0.1, 0.15) is 37.6 Å². The first-order chi connectivity index (χ1) is 11.7. The number of imidazole rings is 1. The molecule has 2 amide bonds. The number of rotatable bonds is 5. The summed E-state index contributed by atoms with van der Waals surface area (Å²) in [4.78, 5) is 22.0. The molecule has 0 unspecified atom stereocenters. The van der Waals surface area contributed by atoms with Crippen LogP contribution in [0.5, 0.6) is 0 Å². The average molecular weight is 330 g/mol. The molecular weight excluding hydrogens is 304 g/mol. The zero-order chi connectivity index (χ0) is 16.9. The number of H-pyrrole nitrogens is 1. The summed E-state index contributed by atoms with van der Waals surface area (Å²) in [6.45, 7) is 6.78. The second-order valence-corrected chi connectivity index (χ2v) is 6.44. The van der Waals surface area contributed by atoms with Crippen molar-refractivity contribution >= 4 is 17.1 Å². The number of carbonyl (C=O) groups is 1. The lowest BCUT2D eigenvalue weighted by Crippen LogP contribution is -2.47. The summed E-state index contributed by atoms with van der Waals surface area (Å²) < 4.78 is 5.79. The number of amides is 2. The molecule has 0 saturated carbocycles. The summed E-state index contributed by atoms with van der Waals surface area (Å²) in [5.41, 5.74) is 3.12. The fourth-order valence-corrected chi connectivity index (χ4v) is 3.07. The highest BCUT2D eigenvalue weighted by molar-refractivity contribution is 5.76. The minimum Gasteiger partial charge on any atom is -0.376 e. The van der Waals surface area contributed by atoms with Crippen molar-refractivity contribution in [2.24, 2.45) is 0 Å². The standard InChI is InChI=1S/C18H26N4O2/c1-3-9-24-14-5-4-8-22(12-14)18(23)19-11-17-20-15-7-6-13(2)10-16(15)21-17/h6-7,10,14H,3-5,8-9,11-12H2,1-2H3,(H,19,23)(H,20,21)/t14-/m1/s1. The van der Waals surface area contributed by atoms with Crippen LogP contribution in [0.25, 0.3) is 11.0 Å². The second kappa shape index (κ2) is 7.66. The SMILES string of the molecule is CCCO[C@@H]1CCCN(C(=O)NCc2nc3ccc(C)cc3[nH]2)C1. The summed E-state index contributed by atoms with van der Waals surface area (Å²) in [6, 6.07) is 6.05. The van der Waals surface area contributed by atoms with Crippen molar-refractivity contribution < 1.29 is 9.53 Å². The van der Waals surface area contributed by atoms with E-state index >= 15 is 0 Å². The maximum atomic E-state index is 12.4. The van der Waals surface area contributed by atoms with Crippen LogP contribution >= 0.6 is 0 Å². The Morgan fingerprint density at radius 2 is 2.38 bits per heavy atom. The summed E-state index contributed by atoms with van der Waals surface area (Å²) >= 11 is 0. The van der Waals surface area contributed by atoms with Crippen LogP contribution in [-0.2, 0) is 11.3 Å². The molecule has 2 heterocycles. The Balaban J connectivity index is 1.54. The molecule has 6 nitrogen and oxygen atoms in total. The number of benzene rings is 1. The summed E-state index contributed by atoms with van der Waals surface area (Å²) in [6.07, 6.45) is 3.20. The van der Waals surface area contributed by atoms with Gasteiger partial charge in [0.1, 0.15) is 5.82 Å². The number of ether oxygens (including phenoxy) is 1. The van der Waals surface area contributed by atoms with Gasteiger partial charge in [-0.05, 0) is 43.9 Å². The summed E-state index contributed by atoms with van der Waals surface area (Å²) in [5, 5.41) is 2.96. The number of carbonyl (C=O) groups excluding carboxylic acids is 1. The van der Waals surface area contributed by atoms with Gasteiger partial charge in [-0.15, -0.1) is 0 Å². The van der Waals surface area contributed by atoms with E-state index in [2.05, 4.69) is 35.2 Å². The predicted molar refractivity (Wildman–Crippen MR) is 93.9 cm³/mol. The van der Waals surface area contributed by atoms with E-state index in [0.29, 0.717) is 13.1 Å². The number of likely N-dealkylation sites (tertiary alicyclic amines) is 1. The van der Waals surface area contributed by atoms with Gasteiger partial charge in [-0.2, -0.15) is 0 Å². The van der Waals surface area contributed by atoms with Crippen molar-refractivity contribution in [1.29, 1.82) is 0 Å². The number of aryl methyl sites for hydroxylation is 1. The van der Waals surface area contributed by atoms with E-state index in [-0.39, 0.29) is 12.1 Å². The van der Waals surface area contributed by atoms with Crippen LogP contribution in [0.15, 0.2) is 18.2 Å². The van der Waals surface area contributed by atoms with Gasteiger partial charge in [0.05, 0.1) is 23.7 Å². The molecular formula is C18H26N4O2. The Labute approximate surface area is 142 Å². The first kappa shape index (κ1) is 16.8. The zero-order valence-electron chi connectivity index (χ0n) is 14.5. The molecule has 1 aliphatic heterocycles. The van der Waals surface area contributed by atoms with Gasteiger partial charge < -0.3 is 19.9 Å². The quantitative estimate of drug-likeness (QED) is 0.885. The zero-order valence-corrected chi connectivity index (χ0v) is 14.5. The van der Waals surface area contributed by atoms with Crippen LogP contribution in [0.4, 0.5) is 4.79 Å². The van der Waals surface area contributed by atoms with E-state index in [1.54, 1.807) is 0 Å². The van der Waals surface area contributed by atoms with Crippen molar-refractivity contribution in [3.05, 3.63) is 29.6 Å². The molecule has 0 aliphatic carbocycles. The van der Waals surface area contributed by atoms with Gasteiger partial charge in [0, 0.05) is 19.7 Å².